The molecule has 1 heterocycles. The van der Waals surface area contributed by atoms with Crippen LogP contribution < -0.4 is 0 Å². The van der Waals surface area contributed by atoms with Crippen molar-refractivity contribution in [2.75, 3.05) is 0 Å². The Balaban J connectivity index is 2.90. The van der Waals surface area contributed by atoms with Gasteiger partial charge in [0, 0.05) is 12.4 Å². The van der Waals surface area contributed by atoms with E-state index in [1.807, 2.05) is 18.4 Å². The average Bonchev–Trinajstić information content (AvgIpc) is 1.81. The van der Waals surface area contributed by atoms with Gasteiger partial charge in [-0.1, -0.05) is 32.9 Å². The molecule has 0 atom stereocenters. The lowest BCUT2D eigenvalue weighted by molar-refractivity contribution is 0.518. The Hall–Kier alpha value is -1.11. The van der Waals surface area contributed by atoms with Gasteiger partial charge in [0.25, 0.3) is 0 Å². The average molecular weight is 161 g/mol. The maximum absolute atomic E-state index is 4.06. The summed E-state index contributed by atoms with van der Waals surface area (Å²) in [6, 6.07) is 0. The van der Waals surface area contributed by atoms with E-state index < -0.39 is 0 Å². The normalized spacial score (nSPS) is 17.1. The van der Waals surface area contributed by atoms with Crippen LogP contribution in [0.4, 0.5) is 0 Å². The SMILES string of the molecule is CC(C)(C)C1=CC=NC=CC=C1. The maximum Gasteiger partial charge on any atom is 0.0270 e. The fourth-order valence-corrected chi connectivity index (χ4v) is 0.987. The molecule has 1 aliphatic heterocycles. The Bertz CT molecular complexity index is 259. The van der Waals surface area contributed by atoms with Gasteiger partial charge in [0.1, 0.15) is 0 Å². The molecule has 0 aromatic rings. The molecule has 64 valence electrons. The summed E-state index contributed by atoms with van der Waals surface area (Å²) in [5.74, 6) is 0. The molecule has 0 bridgehead atoms. The van der Waals surface area contributed by atoms with Crippen LogP contribution in [0, 0.1) is 5.41 Å². The van der Waals surface area contributed by atoms with Gasteiger partial charge in [-0.3, -0.25) is 4.99 Å². The molecule has 0 saturated carbocycles. The molecular formula is C11H15N. The standard InChI is InChI=1S/C11H15N/c1-11(2,3)10-6-4-5-8-12-9-7-10/h4-9H,1-3H3. The molecule has 1 nitrogen and oxygen atoms in total. The molecule has 1 rings (SSSR count). The van der Waals surface area contributed by atoms with E-state index in [2.05, 4.69) is 37.9 Å². The van der Waals surface area contributed by atoms with Crippen LogP contribution in [0.5, 0.6) is 0 Å². The van der Waals surface area contributed by atoms with Crippen molar-refractivity contribution < 1.29 is 0 Å². The van der Waals surface area contributed by atoms with Crippen molar-refractivity contribution in [3.05, 3.63) is 36.1 Å². The Kier molecular flexibility index (Phi) is 2.64. The Morgan fingerprint density at radius 3 is 2.58 bits per heavy atom. The summed E-state index contributed by atoms with van der Waals surface area (Å²) >= 11 is 0. The van der Waals surface area contributed by atoms with Crippen molar-refractivity contribution in [1.82, 2.24) is 0 Å². The quantitative estimate of drug-likeness (QED) is 0.517. The Morgan fingerprint density at radius 1 is 1.17 bits per heavy atom. The van der Waals surface area contributed by atoms with Gasteiger partial charge < -0.3 is 0 Å². The maximum atomic E-state index is 4.06. The lowest BCUT2D eigenvalue weighted by atomic mass is 9.86. The molecule has 0 saturated heterocycles. The summed E-state index contributed by atoms with van der Waals surface area (Å²) in [5, 5.41) is 0. The zero-order chi connectivity index (χ0) is 9.03. The van der Waals surface area contributed by atoms with Crippen molar-refractivity contribution in [2.24, 2.45) is 10.4 Å². The molecule has 0 N–H and O–H groups in total. The van der Waals surface area contributed by atoms with Crippen molar-refractivity contribution in [2.45, 2.75) is 20.8 Å². The molecule has 0 fully saturated rings. The molecule has 0 radical (unpaired) electrons. The summed E-state index contributed by atoms with van der Waals surface area (Å²) in [4.78, 5) is 4.06. The fourth-order valence-electron chi connectivity index (χ4n) is 0.987. The van der Waals surface area contributed by atoms with Crippen molar-refractivity contribution >= 4 is 6.21 Å². The van der Waals surface area contributed by atoms with Gasteiger partial charge in [0.05, 0.1) is 0 Å². The Morgan fingerprint density at radius 2 is 1.92 bits per heavy atom. The smallest absolute Gasteiger partial charge is 0.0270 e. The highest BCUT2D eigenvalue weighted by Gasteiger charge is 2.13. The zero-order valence-corrected chi connectivity index (χ0v) is 7.91. The number of hydrogen-bond acceptors (Lipinski definition) is 1. The first-order valence-corrected chi connectivity index (χ1v) is 4.18. The van der Waals surface area contributed by atoms with Crippen LogP contribution in [-0.4, -0.2) is 6.21 Å². The van der Waals surface area contributed by atoms with Crippen LogP contribution in [0.1, 0.15) is 20.8 Å². The second-order valence-corrected chi connectivity index (χ2v) is 3.87. The van der Waals surface area contributed by atoms with Gasteiger partial charge in [0.2, 0.25) is 0 Å². The lowest BCUT2D eigenvalue weighted by Gasteiger charge is -2.19. The van der Waals surface area contributed by atoms with Crippen LogP contribution in [0.25, 0.3) is 0 Å². The second-order valence-electron chi connectivity index (χ2n) is 3.87. The van der Waals surface area contributed by atoms with Gasteiger partial charge >= 0.3 is 0 Å². The van der Waals surface area contributed by atoms with E-state index in [1.54, 1.807) is 6.20 Å². The highest BCUT2D eigenvalue weighted by Crippen LogP contribution is 2.25. The van der Waals surface area contributed by atoms with Crippen LogP contribution in [-0.2, 0) is 0 Å². The fraction of sp³-hybridized carbons (Fsp3) is 0.364. The third-order valence-corrected chi connectivity index (χ3v) is 1.77. The third-order valence-electron chi connectivity index (χ3n) is 1.77. The highest BCUT2D eigenvalue weighted by molar-refractivity contribution is 5.74. The van der Waals surface area contributed by atoms with E-state index in [0.717, 1.165) is 0 Å². The molecule has 1 heteroatoms. The number of rotatable bonds is 0. The van der Waals surface area contributed by atoms with E-state index in [-0.39, 0.29) is 5.41 Å². The largest absolute Gasteiger partial charge is 0.265 e. The minimum absolute atomic E-state index is 0.202. The number of hydrogen-bond donors (Lipinski definition) is 0. The van der Waals surface area contributed by atoms with Crippen LogP contribution in [0.3, 0.4) is 0 Å². The van der Waals surface area contributed by atoms with E-state index in [4.69, 9.17) is 0 Å². The minimum atomic E-state index is 0.202. The van der Waals surface area contributed by atoms with Crippen molar-refractivity contribution in [3.63, 3.8) is 0 Å². The predicted octanol–water partition coefficient (Wildman–Crippen LogP) is 3.11. The molecule has 0 spiro atoms. The molecule has 12 heavy (non-hydrogen) atoms. The lowest BCUT2D eigenvalue weighted by Crippen LogP contribution is -2.07. The van der Waals surface area contributed by atoms with Crippen molar-refractivity contribution in [3.8, 4) is 0 Å². The van der Waals surface area contributed by atoms with E-state index >= 15 is 0 Å². The van der Waals surface area contributed by atoms with Gasteiger partial charge in [-0.2, -0.15) is 0 Å². The molecule has 1 aliphatic rings. The topological polar surface area (TPSA) is 12.4 Å². The summed E-state index contributed by atoms with van der Waals surface area (Å²) < 4.78 is 0. The van der Waals surface area contributed by atoms with Gasteiger partial charge in [-0.05, 0) is 23.1 Å². The first kappa shape index (κ1) is 8.98. The molecule has 0 amide bonds. The Labute approximate surface area is 74.2 Å². The van der Waals surface area contributed by atoms with Crippen LogP contribution in [0.2, 0.25) is 0 Å². The molecule has 0 aliphatic carbocycles. The van der Waals surface area contributed by atoms with Crippen LogP contribution in [0.15, 0.2) is 41.1 Å². The minimum Gasteiger partial charge on any atom is -0.265 e. The van der Waals surface area contributed by atoms with E-state index in [0.29, 0.717) is 0 Å². The van der Waals surface area contributed by atoms with Crippen LogP contribution >= 0.6 is 0 Å². The summed E-state index contributed by atoms with van der Waals surface area (Å²) in [5.41, 5.74) is 1.50. The number of allylic oxidation sites excluding steroid dienone is 5. The number of aliphatic imine (C=N–C) groups is 1. The monoisotopic (exact) mass is 161 g/mol. The first-order chi connectivity index (χ1) is 5.61. The van der Waals surface area contributed by atoms with Gasteiger partial charge in [-0.15, -0.1) is 0 Å². The molecule has 0 aromatic carbocycles. The van der Waals surface area contributed by atoms with E-state index in [9.17, 15) is 0 Å². The summed E-state index contributed by atoms with van der Waals surface area (Å²) in [7, 11) is 0. The van der Waals surface area contributed by atoms with Crippen molar-refractivity contribution in [1.29, 1.82) is 0 Å². The first-order valence-electron chi connectivity index (χ1n) is 4.18. The summed E-state index contributed by atoms with van der Waals surface area (Å²) in [6.07, 6.45) is 11.8. The molecule has 0 aromatic heterocycles. The molecule has 0 unspecified atom stereocenters. The van der Waals surface area contributed by atoms with E-state index in [1.165, 1.54) is 5.57 Å². The predicted molar refractivity (Wildman–Crippen MR) is 54.3 cm³/mol. The highest BCUT2D eigenvalue weighted by atomic mass is 14.7. The van der Waals surface area contributed by atoms with Gasteiger partial charge in [0.15, 0.2) is 0 Å². The zero-order valence-electron chi connectivity index (χ0n) is 7.91. The third kappa shape index (κ3) is 2.50. The summed E-state index contributed by atoms with van der Waals surface area (Å²) in [6.45, 7) is 6.59. The van der Waals surface area contributed by atoms with Gasteiger partial charge in [-0.25, -0.2) is 0 Å². The molecular weight excluding hydrogens is 146 g/mol. The second kappa shape index (κ2) is 3.53. The number of nitrogens with zero attached hydrogens (tertiary/aromatic N) is 1.